The Hall–Kier alpha value is -1.13. The number of alkyl halides is 1. The van der Waals surface area contributed by atoms with Crippen molar-refractivity contribution in [2.75, 3.05) is 5.88 Å². The molecule has 17 heavy (non-hydrogen) atoms. The molecule has 0 aliphatic heterocycles. The molecule has 0 atom stereocenters. The van der Waals surface area contributed by atoms with Crippen LogP contribution in [0, 0.1) is 18.8 Å². The molecule has 0 fully saturated rings. The Bertz CT molecular complexity index is 418. The van der Waals surface area contributed by atoms with Gasteiger partial charge in [0.25, 0.3) is 0 Å². The van der Waals surface area contributed by atoms with E-state index < -0.39 is 0 Å². The highest BCUT2D eigenvalue weighted by atomic mass is 35.5. The summed E-state index contributed by atoms with van der Waals surface area (Å²) in [7, 11) is 0. The van der Waals surface area contributed by atoms with Crippen LogP contribution in [0.1, 0.15) is 49.7 Å². The summed E-state index contributed by atoms with van der Waals surface area (Å²) in [5, 5.41) is 0. The van der Waals surface area contributed by atoms with Crippen molar-refractivity contribution in [1.29, 1.82) is 0 Å². The molecule has 2 heteroatoms. The van der Waals surface area contributed by atoms with E-state index in [0.717, 1.165) is 42.8 Å². The van der Waals surface area contributed by atoms with E-state index in [0.29, 0.717) is 5.88 Å². The molecule has 0 unspecified atom stereocenters. The molecule has 0 N–H and O–H groups in total. The van der Waals surface area contributed by atoms with Crippen molar-refractivity contribution in [2.24, 2.45) is 0 Å². The van der Waals surface area contributed by atoms with Crippen molar-refractivity contribution in [2.45, 2.75) is 39.5 Å². The fourth-order valence-electron chi connectivity index (χ4n) is 1.38. The predicted octanol–water partition coefficient (Wildman–Crippen LogP) is 4.77. The quantitative estimate of drug-likeness (QED) is 0.417. The number of hydrogen-bond acceptors (Lipinski definition) is 1. The van der Waals surface area contributed by atoms with Gasteiger partial charge in [0.05, 0.1) is 0 Å². The number of allylic oxidation sites excluding steroid dienone is 1. The molecule has 0 radical (unpaired) electrons. The summed E-state index contributed by atoms with van der Waals surface area (Å²) in [6.07, 6.45) is 8.13. The van der Waals surface area contributed by atoms with Crippen LogP contribution in [0.5, 0.6) is 0 Å². The second-order valence-corrected chi connectivity index (χ2v) is 4.32. The first-order valence-electron chi connectivity index (χ1n) is 6.09. The molecular weight excluding hydrogens is 232 g/mol. The summed E-state index contributed by atoms with van der Waals surface area (Å²) in [4.78, 5) is 0. The van der Waals surface area contributed by atoms with Crippen LogP contribution in [0.3, 0.4) is 0 Å². The van der Waals surface area contributed by atoms with Crippen LogP contribution >= 0.6 is 11.6 Å². The molecule has 0 saturated heterocycles. The molecule has 0 aromatic carbocycles. The zero-order valence-electron chi connectivity index (χ0n) is 10.6. The van der Waals surface area contributed by atoms with Crippen molar-refractivity contribution < 1.29 is 4.42 Å². The van der Waals surface area contributed by atoms with Gasteiger partial charge in [0.15, 0.2) is 5.76 Å². The zero-order valence-corrected chi connectivity index (χ0v) is 11.3. The second-order valence-electron chi connectivity index (χ2n) is 3.95. The molecule has 1 aromatic heterocycles. The Labute approximate surface area is 109 Å². The maximum atomic E-state index is 5.65. The largest absolute Gasteiger partial charge is 0.448 e. The smallest absolute Gasteiger partial charge is 0.180 e. The normalized spacial score (nSPS) is 10.5. The van der Waals surface area contributed by atoms with Gasteiger partial charge >= 0.3 is 0 Å². The van der Waals surface area contributed by atoms with Crippen molar-refractivity contribution in [1.82, 2.24) is 0 Å². The van der Waals surface area contributed by atoms with Gasteiger partial charge in [-0.2, -0.15) is 0 Å². The van der Waals surface area contributed by atoms with Gasteiger partial charge in [0.1, 0.15) is 5.76 Å². The van der Waals surface area contributed by atoms with Crippen molar-refractivity contribution in [3.63, 3.8) is 0 Å². The molecule has 0 aliphatic rings. The molecule has 92 valence electrons. The van der Waals surface area contributed by atoms with Crippen molar-refractivity contribution in [3.8, 4) is 11.8 Å². The Morgan fingerprint density at radius 3 is 3.00 bits per heavy atom. The first-order valence-corrected chi connectivity index (χ1v) is 6.63. The van der Waals surface area contributed by atoms with Gasteiger partial charge in [-0.05, 0) is 37.8 Å². The predicted molar refractivity (Wildman–Crippen MR) is 74.2 cm³/mol. The van der Waals surface area contributed by atoms with Gasteiger partial charge in [-0.3, -0.25) is 0 Å². The van der Waals surface area contributed by atoms with E-state index in [2.05, 4.69) is 24.8 Å². The number of hydrogen-bond donors (Lipinski definition) is 0. The first kappa shape index (κ1) is 13.9. The van der Waals surface area contributed by atoms with Crippen LogP contribution in [0.15, 0.2) is 16.6 Å². The van der Waals surface area contributed by atoms with Crippen LogP contribution in [-0.2, 0) is 0 Å². The lowest BCUT2D eigenvalue weighted by atomic mass is 10.2. The van der Waals surface area contributed by atoms with E-state index in [1.165, 1.54) is 0 Å². The summed E-state index contributed by atoms with van der Waals surface area (Å²) < 4.78 is 5.65. The highest BCUT2D eigenvalue weighted by Gasteiger charge is 2.01. The highest BCUT2D eigenvalue weighted by Crippen LogP contribution is 2.15. The third-order valence-electron chi connectivity index (χ3n) is 2.31. The molecule has 0 spiro atoms. The van der Waals surface area contributed by atoms with Crippen LogP contribution in [0.25, 0.3) is 6.08 Å². The fourth-order valence-corrected chi connectivity index (χ4v) is 1.51. The minimum atomic E-state index is 0.664. The average Bonchev–Trinajstić information content (AvgIpc) is 2.66. The van der Waals surface area contributed by atoms with Crippen LogP contribution < -0.4 is 0 Å². The number of aryl methyl sites for hydroxylation is 1. The van der Waals surface area contributed by atoms with Gasteiger partial charge in [0.2, 0.25) is 0 Å². The van der Waals surface area contributed by atoms with Gasteiger partial charge in [0, 0.05) is 17.9 Å². The molecule has 0 aliphatic carbocycles. The highest BCUT2D eigenvalue weighted by molar-refractivity contribution is 6.17. The van der Waals surface area contributed by atoms with Gasteiger partial charge in [-0.15, -0.1) is 11.6 Å². The molecule has 1 aromatic rings. The van der Waals surface area contributed by atoms with Gasteiger partial charge in [-0.1, -0.05) is 25.3 Å². The van der Waals surface area contributed by atoms with Gasteiger partial charge < -0.3 is 4.42 Å². The Balaban J connectivity index is 2.63. The maximum absolute atomic E-state index is 5.65. The van der Waals surface area contributed by atoms with E-state index in [1.807, 2.05) is 19.1 Å². The Kier molecular flexibility index (Phi) is 6.58. The van der Waals surface area contributed by atoms with E-state index in [-0.39, 0.29) is 0 Å². The molecule has 0 amide bonds. The topological polar surface area (TPSA) is 13.1 Å². The summed E-state index contributed by atoms with van der Waals surface area (Å²) in [5.41, 5.74) is 1.10. The standard InChI is InChI=1S/C15H19ClO/c1-3-4-6-9-14-12-13(2)15(17-14)10-7-5-8-11-16/h6,9,12H,3-5,8,11H2,1-2H3/b9-6+. The summed E-state index contributed by atoms with van der Waals surface area (Å²) in [5.74, 6) is 8.45. The van der Waals surface area contributed by atoms with E-state index in [4.69, 9.17) is 16.0 Å². The zero-order chi connectivity index (χ0) is 12.5. The lowest BCUT2D eigenvalue weighted by Crippen LogP contribution is -1.74. The second kappa shape index (κ2) is 8.03. The maximum Gasteiger partial charge on any atom is 0.180 e. The summed E-state index contributed by atoms with van der Waals surface area (Å²) >= 11 is 5.59. The number of rotatable bonds is 5. The molecule has 0 saturated carbocycles. The number of unbranched alkanes of at least 4 members (excludes halogenated alkanes) is 2. The van der Waals surface area contributed by atoms with E-state index >= 15 is 0 Å². The first-order chi connectivity index (χ1) is 8.27. The SMILES string of the molecule is CCC/C=C/c1cc(C)c(C#CCCCCl)o1. The summed E-state index contributed by atoms with van der Waals surface area (Å²) in [6, 6.07) is 2.03. The fraction of sp³-hybridized carbons (Fsp3) is 0.467. The van der Waals surface area contributed by atoms with E-state index in [1.54, 1.807) is 0 Å². The number of furan rings is 1. The lowest BCUT2D eigenvalue weighted by Gasteiger charge is -1.86. The van der Waals surface area contributed by atoms with Crippen LogP contribution in [-0.4, -0.2) is 5.88 Å². The lowest BCUT2D eigenvalue weighted by molar-refractivity contribution is 0.542. The molecule has 1 heterocycles. The van der Waals surface area contributed by atoms with Crippen molar-refractivity contribution >= 4 is 17.7 Å². The Morgan fingerprint density at radius 2 is 2.29 bits per heavy atom. The van der Waals surface area contributed by atoms with E-state index in [9.17, 15) is 0 Å². The minimum absolute atomic E-state index is 0.664. The van der Waals surface area contributed by atoms with Gasteiger partial charge in [-0.25, -0.2) is 0 Å². The molecule has 0 bridgehead atoms. The van der Waals surface area contributed by atoms with Crippen LogP contribution in [0.4, 0.5) is 0 Å². The third-order valence-corrected chi connectivity index (χ3v) is 2.58. The molecular formula is C15H19ClO. The molecule has 1 rings (SSSR count). The minimum Gasteiger partial charge on any atom is -0.448 e. The van der Waals surface area contributed by atoms with Crippen molar-refractivity contribution in [3.05, 3.63) is 29.2 Å². The number of halogens is 1. The summed E-state index contributed by atoms with van der Waals surface area (Å²) in [6.45, 7) is 4.18. The van der Waals surface area contributed by atoms with Crippen LogP contribution in [0.2, 0.25) is 0 Å². The molecule has 1 nitrogen and oxygen atoms in total. The third kappa shape index (κ3) is 5.15. The average molecular weight is 251 g/mol. The monoisotopic (exact) mass is 250 g/mol. The Morgan fingerprint density at radius 1 is 1.47 bits per heavy atom.